The Morgan fingerprint density at radius 3 is 2.47 bits per heavy atom. The Morgan fingerprint density at radius 2 is 2.00 bits per heavy atom. The van der Waals surface area contributed by atoms with Crippen LogP contribution in [0, 0.1) is 0 Å². The zero-order valence-corrected chi connectivity index (χ0v) is 12.3. The first-order valence-corrected chi connectivity index (χ1v) is 7.17. The lowest BCUT2D eigenvalue weighted by Crippen LogP contribution is -2.34. The van der Waals surface area contributed by atoms with E-state index in [1.165, 1.54) is 16.2 Å². The van der Waals surface area contributed by atoms with E-state index in [1.807, 2.05) is 14.0 Å². The van der Waals surface area contributed by atoms with Crippen molar-refractivity contribution in [2.24, 2.45) is 0 Å². The minimum absolute atomic E-state index is 0.303. The Hall–Kier alpha value is -0.820. The summed E-state index contributed by atoms with van der Waals surface area (Å²) in [5.74, 6) is 0. The van der Waals surface area contributed by atoms with Crippen LogP contribution in [0.4, 0.5) is 18.3 Å². The molecule has 1 aromatic rings. The molecule has 1 rings (SSSR count). The highest BCUT2D eigenvalue weighted by atomic mass is 32.1. The van der Waals surface area contributed by atoms with E-state index in [4.69, 9.17) is 0 Å². The van der Waals surface area contributed by atoms with Gasteiger partial charge in [-0.25, -0.2) is 4.98 Å². The summed E-state index contributed by atoms with van der Waals surface area (Å²) in [5, 5.41) is 3.50. The quantitative estimate of drug-likeness (QED) is 0.837. The minimum Gasteiger partial charge on any atom is -0.339 e. The predicted molar refractivity (Wildman–Crippen MR) is 72.8 cm³/mol. The van der Waals surface area contributed by atoms with E-state index in [-0.39, 0.29) is 0 Å². The smallest absolute Gasteiger partial charge is 0.339 e. The first-order valence-electron chi connectivity index (χ1n) is 6.36. The van der Waals surface area contributed by atoms with Crippen molar-refractivity contribution in [2.45, 2.75) is 39.4 Å². The maximum Gasteiger partial charge on any atom is 0.406 e. The molecule has 0 aliphatic carbocycles. The first kappa shape index (κ1) is 16.2. The lowest BCUT2D eigenvalue weighted by molar-refractivity contribution is -0.119. The molecule has 0 aliphatic heterocycles. The lowest BCUT2D eigenvalue weighted by atomic mass is 10.2. The van der Waals surface area contributed by atoms with Crippen LogP contribution < -0.4 is 10.2 Å². The van der Waals surface area contributed by atoms with Gasteiger partial charge in [0.1, 0.15) is 6.54 Å². The highest BCUT2D eigenvalue weighted by Gasteiger charge is 2.31. The zero-order valence-electron chi connectivity index (χ0n) is 11.5. The third kappa shape index (κ3) is 4.99. The Balaban J connectivity index is 2.94. The van der Waals surface area contributed by atoms with E-state index in [1.54, 1.807) is 6.92 Å². The molecule has 0 radical (unpaired) electrons. The van der Waals surface area contributed by atoms with Crippen LogP contribution in [0.2, 0.25) is 0 Å². The molecule has 0 fully saturated rings. The third-order valence-corrected chi connectivity index (χ3v) is 3.77. The summed E-state index contributed by atoms with van der Waals surface area (Å²) in [6.07, 6.45) is -2.46. The second-order valence-electron chi connectivity index (χ2n) is 4.28. The molecule has 0 saturated carbocycles. The summed E-state index contributed by atoms with van der Waals surface area (Å²) in [4.78, 5) is 6.69. The molecule has 19 heavy (non-hydrogen) atoms. The number of aryl methyl sites for hydroxylation is 1. The summed E-state index contributed by atoms with van der Waals surface area (Å²) in [6.45, 7) is 3.76. The molecule has 1 N–H and O–H groups in total. The van der Waals surface area contributed by atoms with Crippen molar-refractivity contribution in [3.63, 3.8) is 0 Å². The number of hydrogen-bond donors (Lipinski definition) is 1. The van der Waals surface area contributed by atoms with Gasteiger partial charge in [0.05, 0.1) is 5.69 Å². The Bertz CT molecular complexity index is 367. The molecular formula is C12H20F3N3S. The number of alkyl halides is 3. The zero-order chi connectivity index (χ0) is 14.5. The van der Waals surface area contributed by atoms with Crippen LogP contribution in [0.25, 0.3) is 0 Å². The SMILES string of the molecule is CCCc1nc(N(CC)CC(F)(F)F)sc1CNC. The topological polar surface area (TPSA) is 28.2 Å². The van der Waals surface area contributed by atoms with E-state index in [0.717, 1.165) is 23.4 Å². The maximum absolute atomic E-state index is 12.5. The van der Waals surface area contributed by atoms with E-state index in [2.05, 4.69) is 10.3 Å². The van der Waals surface area contributed by atoms with Gasteiger partial charge in [-0.15, -0.1) is 11.3 Å². The van der Waals surface area contributed by atoms with Gasteiger partial charge in [0.15, 0.2) is 5.13 Å². The molecule has 110 valence electrons. The summed E-state index contributed by atoms with van der Waals surface area (Å²) < 4.78 is 37.5. The molecule has 0 atom stereocenters. The van der Waals surface area contributed by atoms with Crippen molar-refractivity contribution < 1.29 is 13.2 Å². The number of hydrogen-bond acceptors (Lipinski definition) is 4. The largest absolute Gasteiger partial charge is 0.406 e. The van der Waals surface area contributed by atoms with Crippen molar-refractivity contribution in [2.75, 3.05) is 25.0 Å². The molecule has 0 aliphatic rings. The van der Waals surface area contributed by atoms with Gasteiger partial charge in [-0.3, -0.25) is 0 Å². The molecule has 0 saturated heterocycles. The molecule has 0 spiro atoms. The van der Waals surface area contributed by atoms with Crippen LogP contribution in [-0.4, -0.2) is 31.3 Å². The first-order chi connectivity index (χ1) is 8.91. The normalized spacial score (nSPS) is 11.9. The number of rotatable bonds is 7. The number of nitrogens with zero attached hydrogens (tertiary/aromatic N) is 2. The van der Waals surface area contributed by atoms with Crippen LogP contribution in [0.3, 0.4) is 0 Å². The second-order valence-corrected chi connectivity index (χ2v) is 5.34. The molecule has 0 aromatic carbocycles. The van der Waals surface area contributed by atoms with Crippen molar-refractivity contribution in [1.82, 2.24) is 10.3 Å². The monoisotopic (exact) mass is 295 g/mol. The average molecular weight is 295 g/mol. The van der Waals surface area contributed by atoms with Crippen molar-refractivity contribution in [3.05, 3.63) is 10.6 Å². The molecule has 1 heterocycles. The van der Waals surface area contributed by atoms with Gasteiger partial charge in [-0.1, -0.05) is 13.3 Å². The van der Waals surface area contributed by atoms with E-state index >= 15 is 0 Å². The molecule has 3 nitrogen and oxygen atoms in total. The maximum atomic E-state index is 12.5. The predicted octanol–water partition coefficient (Wildman–Crippen LogP) is 3.20. The Morgan fingerprint density at radius 1 is 1.32 bits per heavy atom. The third-order valence-electron chi connectivity index (χ3n) is 2.61. The average Bonchev–Trinajstić information content (AvgIpc) is 2.69. The summed E-state index contributed by atoms with van der Waals surface area (Å²) >= 11 is 1.35. The highest BCUT2D eigenvalue weighted by molar-refractivity contribution is 7.15. The molecular weight excluding hydrogens is 275 g/mol. The van der Waals surface area contributed by atoms with Crippen LogP contribution in [0.15, 0.2) is 0 Å². The molecule has 7 heteroatoms. The standard InChI is InChI=1S/C12H20F3N3S/c1-4-6-9-10(7-16-3)19-11(17-9)18(5-2)8-12(13,14)15/h16H,4-8H2,1-3H3. The number of anilines is 1. The highest BCUT2D eigenvalue weighted by Crippen LogP contribution is 2.29. The molecule has 1 aromatic heterocycles. The van der Waals surface area contributed by atoms with Gasteiger partial charge in [-0.2, -0.15) is 13.2 Å². The number of thiazole rings is 1. The minimum atomic E-state index is -4.20. The lowest BCUT2D eigenvalue weighted by Gasteiger charge is -2.21. The fourth-order valence-corrected chi connectivity index (χ4v) is 2.95. The Labute approximate surface area is 115 Å². The number of halogens is 3. The van der Waals surface area contributed by atoms with E-state index in [9.17, 15) is 13.2 Å². The second kappa shape index (κ2) is 7.09. The van der Waals surface area contributed by atoms with Crippen LogP contribution in [-0.2, 0) is 13.0 Å². The van der Waals surface area contributed by atoms with Crippen LogP contribution in [0.5, 0.6) is 0 Å². The van der Waals surface area contributed by atoms with Crippen molar-refractivity contribution >= 4 is 16.5 Å². The summed E-state index contributed by atoms with van der Waals surface area (Å²) in [7, 11) is 1.82. The number of aromatic nitrogens is 1. The van der Waals surface area contributed by atoms with Gasteiger partial charge in [0.25, 0.3) is 0 Å². The van der Waals surface area contributed by atoms with Crippen LogP contribution >= 0.6 is 11.3 Å². The van der Waals surface area contributed by atoms with Crippen molar-refractivity contribution in [3.8, 4) is 0 Å². The Kier molecular flexibility index (Phi) is 6.06. The van der Waals surface area contributed by atoms with Gasteiger partial charge >= 0.3 is 6.18 Å². The van der Waals surface area contributed by atoms with E-state index < -0.39 is 12.7 Å². The fourth-order valence-electron chi connectivity index (χ4n) is 1.77. The van der Waals surface area contributed by atoms with Gasteiger partial charge in [0.2, 0.25) is 0 Å². The van der Waals surface area contributed by atoms with Gasteiger partial charge < -0.3 is 10.2 Å². The molecule has 0 amide bonds. The van der Waals surface area contributed by atoms with E-state index in [0.29, 0.717) is 18.2 Å². The molecule has 0 bridgehead atoms. The number of nitrogens with one attached hydrogen (secondary N) is 1. The molecule has 0 unspecified atom stereocenters. The van der Waals surface area contributed by atoms with Gasteiger partial charge in [0, 0.05) is 18.0 Å². The summed E-state index contributed by atoms with van der Waals surface area (Å²) in [6, 6.07) is 0. The van der Waals surface area contributed by atoms with Crippen LogP contribution in [0.1, 0.15) is 30.8 Å². The summed E-state index contributed by atoms with van der Waals surface area (Å²) in [5.41, 5.74) is 0.914. The van der Waals surface area contributed by atoms with Crippen molar-refractivity contribution in [1.29, 1.82) is 0 Å². The fraction of sp³-hybridized carbons (Fsp3) is 0.750. The van der Waals surface area contributed by atoms with Gasteiger partial charge in [-0.05, 0) is 20.4 Å².